The fraction of sp³-hybridized carbons (Fsp3) is 0.300. The molecule has 0 fully saturated rings. The molecule has 0 saturated carbocycles. The minimum absolute atomic E-state index is 0.0827. The maximum atomic E-state index is 12.2. The summed E-state index contributed by atoms with van der Waals surface area (Å²) in [5, 5.41) is 8.95. The topological polar surface area (TPSA) is 114 Å². The second-order valence-corrected chi connectivity index (χ2v) is 6.24. The number of carbonyl (C=O) groups is 4. The minimum Gasteiger partial charge on any atom is -0.454 e. The van der Waals surface area contributed by atoms with Gasteiger partial charge in [0, 0.05) is 11.6 Å². The van der Waals surface area contributed by atoms with Crippen molar-refractivity contribution in [2.24, 2.45) is 0 Å². The van der Waals surface area contributed by atoms with Crippen LogP contribution in [-0.2, 0) is 14.3 Å². The number of esters is 1. The van der Waals surface area contributed by atoms with Gasteiger partial charge in [0.2, 0.25) is 0 Å². The Hall–Kier alpha value is -3.42. The molecule has 2 aromatic carbocycles. The lowest BCUT2D eigenvalue weighted by Gasteiger charge is -2.12. The standard InChI is InChI=1S/C20H23N3O5/c1-3-13(2)22-20(27)23-17(24)12-28-18(25)11-21-19(26)16-9-8-14-6-4-5-7-15(14)10-16/h4-10,13H,3,11-12H2,1-2H3,(H,21,26)(H2,22,23,24,27)/t13-/m1/s1. The van der Waals surface area contributed by atoms with Gasteiger partial charge in [-0.05, 0) is 36.2 Å². The third-order valence-electron chi connectivity index (χ3n) is 4.01. The van der Waals surface area contributed by atoms with Gasteiger partial charge in [0.05, 0.1) is 0 Å². The van der Waals surface area contributed by atoms with Gasteiger partial charge in [-0.2, -0.15) is 0 Å². The fourth-order valence-corrected chi connectivity index (χ4v) is 2.31. The van der Waals surface area contributed by atoms with Crippen LogP contribution < -0.4 is 16.0 Å². The molecule has 0 spiro atoms. The molecule has 1 atom stereocenters. The summed E-state index contributed by atoms with van der Waals surface area (Å²) < 4.78 is 4.75. The highest BCUT2D eigenvalue weighted by Gasteiger charge is 2.13. The van der Waals surface area contributed by atoms with E-state index in [9.17, 15) is 19.2 Å². The van der Waals surface area contributed by atoms with Gasteiger partial charge in [-0.3, -0.25) is 19.7 Å². The van der Waals surface area contributed by atoms with Crippen LogP contribution in [0.15, 0.2) is 42.5 Å². The van der Waals surface area contributed by atoms with E-state index in [1.807, 2.05) is 37.3 Å². The number of rotatable bonds is 7. The molecule has 2 aromatic rings. The molecule has 0 aliphatic heterocycles. The Morgan fingerprint density at radius 1 is 1.04 bits per heavy atom. The molecule has 0 unspecified atom stereocenters. The summed E-state index contributed by atoms with van der Waals surface area (Å²) >= 11 is 0. The molecule has 8 heteroatoms. The number of fused-ring (bicyclic) bond motifs is 1. The number of carbonyl (C=O) groups excluding carboxylic acids is 4. The van der Waals surface area contributed by atoms with Crippen molar-refractivity contribution in [3.63, 3.8) is 0 Å². The monoisotopic (exact) mass is 385 g/mol. The smallest absolute Gasteiger partial charge is 0.325 e. The molecule has 0 bridgehead atoms. The summed E-state index contributed by atoms with van der Waals surface area (Å²) in [6.45, 7) is 2.68. The molecule has 0 aliphatic carbocycles. The molecule has 0 aliphatic rings. The second-order valence-electron chi connectivity index (χ2n) is 6.24. The van der Waals surface area contributed by atoms with Gasteiger partial charge in [0.1, 0.15) is 6.54 Å². The van der Waals surface area contributed by atoms with Crippen molar-refractivity contribution in [3.8, 4) is 0 Å². The van der Waals surface area contributed by atoms with Crippen LogP contribution in [0.25, 0.3) is 10.8 Å². The molecule has 28 heavy (non-hydrogen) atoms. The predicted molar refractivity (Wildman–Crippen MR) is 104 cm³/mol. The lowest BCUT2D eigenvalue weighted by molar-refractivity contribution is -0.147. The molecule has 8 nitrogen and oxygen atoms in total. The number of benzene rings is 2. The Labute approximate surface area is 162 Å². The average Bonchev–Trinajstić information content (AvgIpc) is 2.69. The van der Waals surface area contributed by atoms with Crippen LogP contribution in [0.1, 0.15) is 30.6 Å². The zero-order chi connectivity index (χ0) is 20.5. The molecule has 148 valence electrons. The van der Waals surface area contributed by atoms with Gasteiger partial charge in [-0.1, -0.05) is 37.3 Å². The number of amides is 4. The first-order chi connectivity index (χ1) is 13.4. The van der Waals surface area contributed by atoms with Gasteiger partial charge in [-0.25, -0.2) is 4.79 Å². The van der Waals surface area contributed by atoms with Gasteiger partial charge in [0.25, 0.3) is 11.8 Å². The Balaban J connectivity index is 1.74. The number of hydrogen-bond donors (Lipinski definition) is 3. The third-order valence-corrected chi connectivity index (χ3v) is 4.01. The summed E-state index contributed by atoms with van der Waals surface area (Å²) in [7, 11) is 0. The van der Waals surface area contributed by atoms with E-state index in [4.69, 9.17) is 4.74 Å². The van der Waals surface area contributed by atoms with Gasteiger partial charge in [-0.15, -0.1) is 0 Å². The number of imide groups is 1. The van der Waals surface area contributed by atoms with Crippen LogP contribution in [0.2, 0.25) is 0 Å². The number of nitrogens with one attached hydrogen (secondary N) is 3. The van der Waals surface area contributed by atoms with Crippen molar-refractivity contribution in [2.75, 3.05) is 13.2 Å². The molecule has 3 N–H and O–H groups in total. The van der Waals surface area contributed by atoms with Crippen LogP contribution in [0.3, 0.4) is 0 Å². The number of hydrogen-bond acceptors (Lipinski definition) is 5. The van der Waals surface area contributed by atoms with E-state index in [1.165, 1.54) is 0 Å². The molecule has 2 rings (SSSR count). The van der Waals surface area contributed by atoms with E-state index in [2.05, 4.69) is 16.0 Å². The van der Waals surface area contributed by atoms with E-state index in [1.54, 1.807) is 19.1 Å². The first kappa shape index (κ1) is 20.9. The summed E-state index contributed by atoms with van der Waals surface area (Å²) in [4.78, 5) is 46.9. The summed E-state index contributed by atoms with van der Waals surface area (Å²) in [5.41, 5.74) is 0.408. The molecular weight excluding hydrogens is 362 g/mol. The zero-order valence-corrected chi connectivity index (χ0v) is 15.8. The number of ether oxygens (including phenoxy) is 1. The molecule has 0 saturated heterocycles. The first-order valence-electron chi connectivity index (χ1n) is 8.92. The summed E-state index contributed by atoms with van der Waals surface area (Å²) in [5.74, 6) is -1.97. The Bertz CT molecular complexity index is 881. The lowest BCUT2D eigenvalue weighted by atomic mass is 10.1. The SMILES string of the molecule is CC[C@@H](C)NC(=O)NC(=O)COC(=O)CNC(=O)c1ccc2ccccc2c1. The maximum absolute atomic E-state index is 12.2. The van der Waals surface area contributed by atoms with Gasteiger partial charge in [0.15, 0.2) is 6.61 Å². The fourth-order valence-electron chi connectivity index (χ4n) is 2.31. The highest BCUT2D eigenvalue weighted by molar-refractivity contribution is 6.00. The largest absolute Gasteiger partial charge is 0.454 e. The zero-order valence-electron chi connectivity index (χ0n) is 15.8. The normalized spacial score (nSPS) is 11.4. The highest BCUT2D eigenvalue weighted by Crippen LogP contribution is 2.15. The summed E-state index contributed by atoms with van der Waals surface area (Å²) in [6.07, 6.45) is 0.716. The quantitative estimate of drug-likeness (QED) is 0.628. The Morgan fingerprint density at radius 2 is 1.75 bits per heavy atom. The van der Waals surface area contributed by atoms with E-state index >= 15 is 0 Å². The van der Waals surface area contributed by atoms with Gasteiger partial charge >= 0.3 is 12.0 Å². The van der Waals surface area contributed by atoms with E-state index in [-0.39, 0.29) is 6.04 Å². The first-order valence-corrected chi connectivity index (χ1v) is 8.92. The van der Waals surface area contributed by atoms with Crippen molar-refractivity contribution in [2.45, 2.75) is 26.3 Å². The van der Waals surface area contributed by atoms with Crippen LogP contribution in [0.4, 0.5) is 4.79 Å². The lowest BCUT2D eigenvalue weighted by Crippen LogP contribution is -2.45. The van der Waals surface area contributed by atoms with Gasteiger partial charge < -0.3 is 15.4 Å². The molecular formula is C20H23N3O5. The van der Waals surface area contributed by atoms with Crippen LogP contribution in [0, 0.1) is 0 Å². The van der Waals surface area contributed by atoms with Crippen molar-refractivity contribution in [1.82, 2.24) is 16.0 Å². The van der Waals surface area contributed by atoms with E-state index in [0.29, 0.717) is 12.0 Å². The maximum Gasteiger partial charge on any atom is 0.325 e. The predicted octanol–water partition coefficient (Wildman–Crippen LogP) is 1.74. The van der Waals surface area contributed by atoms with Crippen molar-refractivity contribution >= 4 is 34.6 Å². The Morgan fingerprint density at radius 3 is 2.46 bits per heavy atom. The minimum atomic E-state index is -0.786. The molecule has 0 heterocycles. The van der Waals surface area contributed by atoms with E-state index < -0.39 is 37.0 Å². The molecule has 0 aromatic heterocycles. The van der Waals surface area contributed by atoms with Crippen molar-refractivity contribution in [3.05, 3.63) is 48.0 Å². The Kier molecular flexibility index (Phi) is 7.50. The second kappa shape index (κ2) is 10.1. The average molecular weight is 385 g/mol. The van der Waals surface area contributed by atoms with Crippen LogP contribution in [0.5, 0.6) is 0 Å². The third kappa shape index (κ3) is 6.39. The summed E-state index contributed by atoms with van der Waals surface area (Å²) in [6, 6.07) is 12.1. The molecule has 0 radical (unpaired) electrons. The number of urea groups is 1. The van der Waals surface area contributed by atoms with Crippen molar-refractivity contribution in [1.29, 1.82) is 0 Å². The van der Waals surface area contributed by atoms with Crippen LogP contribution in [-0.4, -0.2) is 43.0 Å². The highest BCUT2D eigenvalue weighted by atomic mass is 16.5. The van der Waals surface area contributed by atoms with Crippen molar-refractivity contribution < 1.29 is 23.9 Å². The van der Waals surface area contributed by atoms with Crippen LogP contribution >= 0.6 is 0 Å². The molecule has 4 amide bonds. The van der Waals surface area contributed by atoms with E-state index in [0.717, 1.165) is 10.8 Å².